The summed E-state index contributed by atoms with van der Waals surface area (Å²) in [6, 6.07) is 6.47. The van der Waals surface area contributed by atoms with Crippen molar-refractivity contribution in [2.24, 2.45) is 0 Å². The average molecular weight is 393 g/mol. The van der Waals surface area contributed by atoms with Crippen molar-refractivity contribution in [1.82, 2.24) is 24.4 Å². The minimum Gasteiger partial charge on any atom is -0.367 e. The fraction of sp³-hybridized carbons (Fsp3) is 0.545. The number of hydrogen-bond donors (Lipinski definition) is 1. The van der Waals surface area contributed by atoms with Gasteiger partial charge in [0.25, 0.3) is 5.56 Å². The highest BCUT2D eigenvalue weighted by molar-refractivity contribution is 5.50. The fourth-order valence-electron chi connectivity index (χ4n) is 4.83. The molecule has 0 unspecified atom stereocenters. The van der Waals surface area contributed by atoms with Crippen LogP contribution in [0, 0.1) is 13.8 Å². The molecule has 2 aliphatic rings. The Hall–Kier alpha value is -2.70. The van der Waals surface area contributed by atoms with Crippen LogP contribution < -0.4 is 10.9 Å². The van der Waals surface area contributed by atoms with Gasteiger partial charge in [-0.2, -0.15) is 14.7 Å². The predicted molar refractivity (Wildman–Crippen MR) is 113 cm³/mol. The third-order valence-corrected chi connectivity index (χ3v) is 6.30. The summed E-state index contributed by atoms with van der Waals surface area (Å²) >= 11 is 0. The van der Waals surface area contributed by atoms with E-state index < -0.39 is 0 Å². The molecular formula is C22H28N6O. The van der Waals surface area contributed by atoms with E-state index in [-0.39, 0.29) is 11.6 Å². The highest BCUT2D eigenvalue weighted by atomic mass is 16.1. The second-order valence-corrected chi connectivity index (χ2v) is 8.59. The van der Waals surface area contributed by atoms with E-state index in [1.165, 1.54) is 18.4 Å². The number of aromatic nitrogens is 5. The minimum atomic E-state index is 0.0699. The summed E-state index contributed by atoms with van der Waals surface area (Å²) in [5.74, 6) is 0.994. The molecule has 0 spiro atoms. The van der Waals surface area contributed by atoms with E-state index in [2.05, 4.69) is 21.5 Å². The van der Waals surface area contributed by atoms with E-state index in [9.17, 15) is 4.79 Å². The van der Waals surface area contributed by atoms with Gasteiger partial charge in [-0.1, -0.05) is 0 Å². The molecule has 7 heteroatoms. The summed E-state index contributed by atoms with van der Waals surface area (Å²) in [6.45, 7) is 4.00. The van der Waals surface area contributed by atoms with Crippen molar-refractivity contribution >= 4 is 11.5 Å². The van der Waals surface area contributed by atoms with Crippen LogP contribution in [0.4, 0.5) is 5.82 Å². The molecule has 3 heterocycles. The molecule has 1 saturated carbocycles. The van der Waals surface area contributed by atoms with E-state index in [1.54, 1.807) is 4.68 Å². The number of nitrogens with one attached hydrogen (secondary N) is 1. The number of hydrogen-bond acceptors (Lipinski definition) is 5. The van der Waals surface area contributed by atoms with Crippen LogP contribution in [0.1, 0.15) is 67.2 Å². The van der Waals surface area contributed by atoms with Gasteiger partial charge in [0.05, 0.1) is 17.4 Å². The quantitative estimate of drug-likeness (QED) is 0.739. The second-order valence-electron chi connectivity index (χ2n) is 8.59. The molecule has 1 N–H and O–H groups in total. The molecule has 2 aliphatic carbocycles. The van der Waals surface area contributed by atoms with Crippen LogP contribution in [0.25, 0.3) is 5.65 Å². The highest BCUT2D eigenvalue weighted by Crippen LogP contribution is 2.30. The number of anilines is 1. The number of rotatable bonds is 3. The van der Waals surface area contributed by atoms with Crippen LogP contribution in [0.5, 0.6) is 0 Å². The Morgan fingerprint density at radius 3 is 2.59 bits per heavy atom. The van der Waals surface area contributed by atoms with E-state index in [1.807, 2.05) is 30.5 Å². The van der Waals surface area contributed by atoms with Crippen molar-refractivity contribution in [2.45, 2.75) is 77.3 Å². The van der Waals surface area contributed by atoms with Crippen LogP contribution in [-0.4, -0.2) is 30.4 Å². The largest absolute Gasteiger partial charge is 0.367 e. The highest BCUT2D eigenvalue weighted by Gasteiger charge is 2.25. The summed E-state index contributed by atoms with van der Waals surface area (Å²) < 4.78 is 3.66. The maximum absolute atomic E-state index is 12.6. The summed E-state index contributed by atoms with van der Waals surface area (Å²) in [4.78, 5) is 17.2. The van der Waals surface area contributed by atoms with Crippen molar-refractivity contribution < 1.29 is 0 Å². The lowest BCUT2D eigenvalue weighted by atomic mass is 9.91. The van der Waals surface area contributed by atoms with Gasteiger partial charge in [-0.15, -0.1) is 0 Å². The Kier molecular flexibility index (Phi) is 4.60. The van der Waals surface area contributed by atoms with Gasteiger partial charge in [0.1, 0.15) is 5.82 Å². The van der Waals surface area contributed by atoms with Crippen LogP contribution in [-0.2, 0) is 12.8 Å². The zero-order chi connectivity index (χ0) is 20.0. The van der Waals surface area contributed by atoms with Gasteiger partial charge in [0.15, 0.2) is 5.65 Å². The van der Waals surface area contributed by atoms with Gasteiger partial charge in [0.2, 0.25) is 0 Å². The Morgan fingerprint density at radius 1 is 0.966 bits per heavy atom. The van der Waals surface area contributed by atoms with Gasteiger partial charge in [0, 0.05) is 29.9 Å². The second kappa shape index (κ2) is 7.28. The standard InChI is InChI=1S/C22H28N6O/c1-14-11-21(28-20(23-14)12-15(2)25-28)24-17-7-9-18(10-8-17)27-22(29)13-16-5-3-4-6-19(16)26-27/h11-13,17-18,24H,3-10H2,1-2H3. The maximum atomic E-state index is 12.6. The fourth-order valence-corrected chi connectivity index (χ4v) is 4.83. The van der Waals surface area contributed by atoms with Crippen molar-refractivity contribution in [3.8, 4) is 0 Å². The molecule has 3 aromatic rings. The minimum absolute atomic E-state index is 0.0699. The normalized spacial score (nSPS) is 21.9. The molecule has 3 aromatic heterocycles. The molecule has 0 amide bonds. The number of aryl methyl sites for hydroxylation is 4. The Labute approximate surface area is 170 Å². The van der Waals surface area contributed by atoms with Gasteiger partial charge in [-0.3, -0.25) is 4.79 Å². The summed E-state index contributed by atoms with van der Waals surface area (Å²) in [5.41, 5.74) is 5.20. The van der Waals surface area contributed by atoms with Gasteiger partial charge in [-0.05, 0) is 70.8 Å². The van der Waals surface area contributed by atoms with Gasteiger partial charge < -0.3 is 5.32 Å². The van der Waals surface area contributed by atoms with Crippen molar-refractivity contribution in [1.29, 1.82) is 0 Å². The Morgan fingerprint density at radius 2 is 1.76 bits per heavy atom. The lowest BCUT2D eigenvalue weighted by molar-refractivity contribution is 0.300. The molecular weight excluding hydrogens is 364 g/mol. The molecule has 7 nitrogen and oxygen atoms in total. The summed E-state index contributed by atoms with van der Waals surface area (Å²) in [5, 5.41) is 13.0. The molecule has 0 aliphatic heterocycles. The third kappa shape index (κ3) is 3.54. The van der Waals surface area contributed by atoms with E-state index >= 15 is 0 Å². The van der Waals surface area contributed by atoms with Crippen LogP contribution in [0.15, 0.2) is 23.0 Å². The molecule has 0 saturated heterocycles. The Balaban J connectivity index is 1.31. The summed E-state index contributed by atoms with van der Waals surface area (Å²) in [6.07, 6.45) is 8.32. The zero-order valence-corrected chi connectivity index (χ0v) is 17.2. The molecule has 29 heavy (non-hydrogen) atoms. The molecule has 0 bridgehead atoms. The van der Waals surface area contributed by atoms with Crippen LogP contribution in [0.3, 0.4) is 0 Å². The van der Waals surface area contributed by atoms with Gasteiger partial charge >= 0.3 is 0 Å². The van der Waals surface area contributed by atoms with E-state index in [0.29, 0.717) is 6.04 Å². The van der Waals surface area contributed by atoms with E-state index in [4.69, 9.17) is 5.10 Å². The van der Waals surface area contributed by atoms with Crippen molar-refractivity contribution in [2.75, 3.05) is 5.32 Å². The molecule has 5 rings (SSSR count). The first-order chi connectivity index (χ1) is 14.1. The number of fused-ring (bicyclic) bond motifs is 2. The molecule has 0 aromatic carbocycles. The predicted octanol–water partition coefficient (Wildman–Crippen LogP) is 3.38. The molecule has 0 radical (unpaired) electrons. The Bertz CT molecular complexity index is 1110. The molecule has 152 valence electrons. The first-order valence-corrected chi connectivity index (χ1v) is 10.8. The SMILES string of the molecule is Cc1cc(NC2CCC(n3nc4c(cc3=O)CCCC4)CC2)n2nc(C)cc2n1. The van der Waals surface area contributed by atoms with E-state index in [0.717, 1.165) is 67.1 Å². The average Bonchev–Trinajstić information content (AvgIpc) is 3.08. The smallest absolute Gasteiger partial charge is 0.267 e. The lowest BCUT2D eigenvalue weighted by Gasteiger charge is -2.30. The maximum Gasteiger partial charge on any atom is 0.267 e. The zero-order valence-electron chi connectivity index (χ0n) is 17.2. The van der Waals surface area contributed by atoms with Crippen molar-refractivity contribution in [3.05, 3.63) is 51.2 Å². The first kappa shape index (κ1) is 18.3. The first-order valence-electron chi connectivity index (χ1n) is 10.8. The topological polar surface area (TPSA) is 77.1 Å². The molecule has 0 atom stereocenters. The van der Waals surface area contributed by atoms with Gasteiger partial charge in [-0.25, -0.2) is 9.67 Å². The number of nitrogens with zero attached hydrogens (tertiary/aromatic N) is 5. The third-order valence-electron chi connectivity index (χ3n) is 6.30. The summed E-state index contributed by atoms with van der Waals surface area (Å²) in [7, 11) is 0. The van der Waals surface area contributed by atoms with Crippen molar-refractivity contribution in [3.63, 3.8) is 0 Å². The molecule has 1 fully saturated rings. The van der Waals surface area contributed by atoms with Crippen LogP contribution in [0.2, 0.25) is 0 Å². The lowest BCUT2D eigenvalue weighted by Crippen LogP contribution is -2.34. The monoisotopic (exact) mass is 392 g/mol. The van der Waals surface area contributed by atoms with Crippen LogP contribution >= 0.6 is 0 Å².